The summed E-state index contributed by atoms with van der Waals surface area (Å²) in [6.07, 6.45) is 5.03. The lowest BCUT2D eigenvalue weighted by atomic mass is 9.85. The van der Waals surface area contributed by atoms with Crippen LogP contribution in [-0.2, 0) is 9.59 Å². The number of imide groups is 1. The molecule has 1 aliphatic heterocycles. The van der Waals surface area contributed by atoms with Crippen LogP contribution in [0.25, 0.3) is 0 Å². The predicted molar refractivity (Wildman–Crippen MR) is 108 cm³/mol. The van der Waals surface area contributed by atoms with Crippen LogP contribution in [0.1, 0.15) is 16.8 Å². The third-order valence-corrected chi connectivity index (χ3v) is 6.18. The largest absolute Gasteiger partial charge is 0.497 e. The van der Waals surface area contributed by atoms with Gasteiger partial charge >= 0.3 is 0 Å². The van der Waals surface area contributed by atoms with Gasteiger partial charge in [0.2, 0.25) is 11.8 Å². The molecular weight excluding hydrogens is 368 g/mol. The van der Waals surface area contributed by atoms with E-state index in [0.717, 1.165) is 6.42 Å². The second-order valence-corrected chi connectivity index (χ2v) is 7.74. The third kappa shape index (κ3) is 2.75. The van der Waals surface area contributed by atoms with Gasteiger partial charge in [-0.1, -0.05) is 18.2 Å². The Morgan fingerprint density at radius 1 is 1.00 bits per heavy atom. The molecule has 146 valence electrons. The summed E-state index contributed by atoms with van der Waals surface area (Å²) in [6.45, 7) is 0. The Kier molecular flexibility index (Phi) is 4.01. The number of nitrogens with one attached hydrogen (secondary N) is 1. The van der Waals surface area contributed by atoms with Gasteiger partial charge in [-0.3, -0.25) is 14.4 Å². The first-order valence-corrected chi connectivity index (χ1v) is 9.68. The zero-order valence-corrected chi connectivity index (χ0v) is 15.9. The Balaban J connectivity index is 1.38. The Labute approximate surface area is 168 Å². The molecule has 0 spiro atoms. The van der Waals surface area contributed by atoms with E-state index in [0.29, 0.717) is 22.7 Å². The maximum absolute atomic E-state index is 13.0. The van der Waals surface area contributed by atoms with Gasteiger partial charge in [0.05, 0.1) is 24.6 Å². The summed E-state index contributed by atoms with van der Waals surface area (Å²) >= 11 is 0. The molecule has 29 heavy (non-hydrogen) atoms. The predicted octanol–water partition coefficient (Wildman–Crippen LogP) is 3.26. The van der Waals surface area contributed by atoms with Crippen LogP contribution in [0.2, 0.25) is 0 Å². The zero-order chi connectivity index (χ0) is 20.1. The lowest BCUT2D eigenvalue weighted by Crippen LogP contribution is -2.33. The van der Waals surface area contributed by atoms with Crippen molar-refractivity contribution in [2.24, 2.45) is 23.7 Å². The van der Waals surface area contributed by atoms with Crippen LogP contribution in [0.4, 0.5) is 11.4 Å². The van der Waals surface area contributed by atoms with E-state index >= 15 is 0 Å². The summed E-state index contributed by atoms with van der Waals surface area (Å²) in [7, 11) is 1.58. The number of fused-ring (bicyclic) bond motifs is 5. The van der Waals surface area contributed by atoms with Crippen molar-refractivity contribution < 1.29 is 19.1 Å². The molecule has 2 aliphatic carbocycles. The minimum absolute atomic E-state index is 0.149. The molecule has 2 bridgehead atoms. The molecule has 2 aromatic rings. The van der Waals surface area contributed by atoms with Gasteiger partial charge in [0, 0.05) is 11.3 Å². The Morgan fingerprint density at radius 3 is 2.28 bits per heavy atom. The molecule has 1 heterocycles. The van der Waals surface area contributed by atoms with Gasteiger partial charge in [0.1, 0.15) is 5.75 Å². The van der Waals surface area contributed by atoms with E-state index in [9.17, 15) is 14.4 Å². The normalized spacial score (nSPS) is 26.7. The number of carbonyl (C=O) groups is 3. The molecular formula is C23H20N2O4. The molecule has 1 saturated carbocycles. The molecule has 3 aliphatic rings. The molecule has 2 aromatic carbocycles. The quantitative estimate of drug-likeness (QED) is 0.644. The van der Waals surface area contributed by atoms with Crippen molar-refractivity contribution in [2.75, 3.05) is 17.3 Å². The Bertz CT molecular complexity index is 1010. The second-order valence-electron chi connectivity index (χ2n) is 7.74. The van der Waals surface area contributed by atoms with Gasteiger partial charge in [0.25, 0.3) is 5.91 Å². The van der Waals surface area contributed by atoms with E-state index in [1.54, 1.807) is 55.6 Å². The minimum Gasteiger partial charge on any atom is -0.497 e. The monoisotopic (exact) mass is 388 g/mol. The number of carbonyl (C=O) groups excluding carboxylic acids is 3. The van der Waals surface area contributed by atoms with Crippen LogP contribution in [0, 0.1) is 23.7 Å². The van der Waals surface area contributed by atoms with Crippen LogP contribution < -0.4 is 15.0 Å². The maximum atomic E-state index is 13.0. The summed E-state index contributed by atoms with van der Waals surface area (Å²) in [5, 5.41) is 2.82. The average molecular weight is 388 g/mol. The molecule has 3 amide bonds. The highest BCUT2D eigenvalue weighted by atomic mass is 16.5. The number of hydrogen-bond acceptors (Lipinski definition) is 4. The highest BCUT2D eigenvalue weighted by molar-refractivity contribution is 6.23. The lowest BCUT2D eigenvalue weighted by molar-refractivity contribution is -0.123. The van der Waals surface area contributed by atoms with Gasteiger partial charge in [0.15, 0.2) is 0 Å². The van der Waals surface area contributed by atoms with Crippen LogP contribution in [0.3, 0.4) is 0 Å². The SMILES string of the molecule is COc1ccc(NC(=O)c2cccc(N3C(=O)[C@@H]4[C@@H](C3=O)[C@@H]3C=C[C@@H]4C3)c2)cc1. The third-order valence-electron chi connectivity index (χ3n) is 6.18. The number of nitrogens with zero attached hydrogens (tertiary/aromatic N) is 1. The number of ether oxygens (including phenoxy) is 1. The van der Waals surface area contributed by atoms with Crippen molar-refractivity contribution in [1.82, 2.24) is 0 Å². The number of rotatable bonds is 4. The average Bonchev–Trinajstić information content (AvgIpc) is 3.42. The van der Waals surface area contributed by atoms with Crippen LogP contribution in [0.5, 0.6) is 5.75 Å². The zero-order valence-electron chi connectivity index (χ0n) is 15.9. The van der Waals surface area contributed by atoms with Crippen LogP contribution in [-0.4, -0.2) is 24.8 Å². The molecule has 0 unspecified atom stereocenters. The number of anilines is 2. The van der Waals surface area contributed by atoms with Gasteiger partial charge in [-0.05, 0) is 60.7 Å². The van der Waals surface area contributed by atoms with E-state index < -0.39 is 0 Å². The van der Waals surface area contributed by atoms with Gasteiger partial charge in [-0.25, -0.2) is 4.90 Å². The van der Waals surface area contributed by atoms with Gasteiger partial charge in [-0.2, -0.15) is 0 Å². The molecule has 1 saturated heterocycles. The number of amides is 3. The summed E-state index contributed by atoms with van der Waals surface area (Å²) in [5.41, 5.74) is 1.47. The number of hydrogen-bond donors (Lipinski definition) is 1. The molecule has 1 N–H and O–H groups in total. The number of benzene rings is 2. The second kappa shape index (κ2) is 6.58. The molecule has 5 rings (SSSR count). The van der Waals surface area contributed by atoms with Crippen molar-refractivity contribution in [1.29, 1.82) is 0 Å². The summed E-state index contributed by atoms with van der Waals surface area (Å²) < 4.78 is 5.12. The standard InChI is InChI=1S/C23H20N2O4/c1-29-18-9-7-16(8-10-18)24-21(26)15-3-2-4-17(12-15)25-22(27)19-13-5-6-14(11-13)20(19)23(25)28/h2-10,12-14,19-20H,11H2,1H3,(H,24,26)/t13-,14-,19+,20+/m1/s1. The van der Waals surface area contributed by atoms with E-state index in [1.165, 1.54) is 4.90 Å². The van der Waals surface area contributed by atoms with E-state index in [2.05, 4.69) is 17.5 Å². The molecule has 0 radical (unpaired) electrons. The first-order valence-electron chi connectivity index (χ1n) is 9.68. The molecule has 0 aromatic heterocycles. The fraction of sp³-hybridized carbons (Fsp3) is 0.261. The van der Waals surface area contributed by atoms with E-state index in [-0.39, 0.29) is 41.4 Å². The summed E-state index contributed by atoms with van der Waals surface area (Å²) in [5.74, 6) is -0.0956. The minimum atomic E-state index is -0.307. The fourth-order valence-electron chi connectivity index (χ4n) is 4.82. The molecule has 6 heteroatoms. The van der Waals surface area contributed by atoms with Crippen molar-refractivity contribution in [2.45, 2.75) is 6.42 Å². The van der Waals surface area contributed by atoms with Crippen LogP contribution >= 0.6 is 0 Å². The van der Waals surface area contributed by atoms with Crippen molar-refractivity contribution >= 4 is 29.1 Å². The van der Waals surface area contributed by atoms with Crippen molar-refractivity contribution in [3.8, 4) is 5.75 Å². The van der Waals surface area contributed by atoms with Crippen LogP contribution in [0.15, 0.2) is 60.7 Å². The summed E-state index contributed by atoms with van der Waals surface area (Å²) in [4.78, 5) is 39.9. The summed E-state index contributed by atoms with van der Waals surface area (Å²) in [6, 6.07) is 13.7. The smallest absolute Gasteiger partial charge is 0.255 e. The topological polar surface area (TPSA) is 75.7 Å². The molecule has 2 fully saturated rings. The molecule has 6 nitrogen and oxygen atoms in total. The van der Waals surface area contributed by atoms with E-state index in [4.69, 9.17) is 4.74 Å². The maximum Gasteiger partial charge on any atom is 0.255 e. The number of methoxy groups -OCH3 is 1. The number of allylic oxidation sites excluding steroid dienone is 2. The Hall–Kier alpha value is -3.41. The first kappa shape index (κ1) is 17.7. The highest BCUT2D eigenvalue weighted by Gasteiger charge is 2.59. The van der Waals surface area contributed by atoms with Crippen molar-refractivity contribution in [3.05, 3.63) is 66.2 Å². The van der Waals surface area contributed by atoms with Gasteiger partial charge in [-0.15, -0.1) is 0 Å². The fourth-order valence-corrected chi connectivity index (χ4v) is 4.82. The Morgan fingerprint density at radius 2 is 1.66 bits per heavy atom. The van der Waals surface area contributed by atoms with Crippen molar-refractivity contribution in [3.63, 3.8) is 0 Å². The molecule has 4 atom stereocenters. The van der Waals surface area contributed by atoms with Gasteiger partial charge < -0.3 is 10.1 Å². The first-order chi connectivity index (χ1) is 14.1. The highest BCUT2D eigenvalue weighted by Crippen LogP contribution is 2.53. The lowest BCUT2D eigenvalue weighted by Gasteiger charge is -2.18. The van der Waals surface area contributed by atoms with E-state index in [1.807, 2.05) is 0 Å².